The summed E-state index contributed by atoms with van der Waals surface area (Å²) in [6.07, 6.45) is 0. The summed E-state index contributed by atoms with van der Waals surface area (Å²) in [5.41, 5.74) is 0.492. The molecule has 0 aliphatic carbocycles. The molecule has 0 radical (unpaired) electrons. The van der Waals surface area contributed by atoms with Gasteiger partial charge in [-0.15, -0.1) is 0 Å². The number of anilines is 2. The number of nitrogens with one attached hydrogen (secondary N) is 1. The Labute approximate surface area is 183 Å². The Bertz CT molecular complexity index is 1380. The zero-order chi connectivity index (χ0) is 23.0. The molecule has 164 valence electrons. The Morgan fingerprint density at radius 2 is 1.62 bits per heavy atom. The van der Waals surface area contributed by atoms with Gasteiger partial charge in [0.2, 0.25) is 5.91 Å². The van der Waals surface area contributed by atoms with E-state index >= 15 is 0 Å². The number of methoxy groups -OCH3 is 2. The number of sulfonamides is 1. The normalized spacial score (nSPS) is 13.6. The molecule has 3 aromatic rings. The van der Waals surface area contributed by atoms with Gasteiger partial charge in [-0.3, -0.25) is 9.10 Å². The molecule has 1 aliphatic rings. The van der Waals surface area contributed by atoms with E-state index in [1.54, 1.807) is 30.3 Å². The number of benzene rings is 3. The van der Waals surface area contributed by atoms with Crippen LogP contribution in [-0.2, 0) is 24.3 Å². The summed E-state index contributed by atoms with van der Waals surface area (Å²) < 4.78 is 36.5. The summed E-state index contributed by atoms with van der Waals surface area (Å²) in [5.74, 6) is -2.10. The Balaban J connectivity index is 1.67. The Hall–Kier alpha value is -3.92. The van der Waals surface area contributed by atoms with E-state index in [0.29, 0.717) is 11.1 Å². The van der Waals surface area contributed by atoms with Crippen molar-refractivity contribution in [2.45, 2.75) is 4.90 Å². The minimum Gasteiger partial charge on any atom is -0.465 e. The fourth-order valence-corrected chi connectivity index (χ4v) is 5.30. The van der Waals surface area contributed by atoms with Gasteiger partial charge >= 0.3 is 11.9 Å². The van der Waals surface area contributed by atoms with Crippen LogP contribution in [0.15, 0.2) is 59.5 Å². The monoisotopic (exact) mass is 454 g/mol. The van der Waals surface area contributed by atoms with Crippen LogP contribution in [0, 0.1) is 0 Å². The zero-order valence-corrected chi connectivity index (χ0v) is 17.9. The molecule has 0 atom stereocenters. The molecular formula is C22H18N2O7S. The van der Waals surface area contributed by atoms with Crippen LogP contribution < -0.4 is 9.62 Å². The smallest absolute Gasteiger partial charge is 0.339 e. The van der Waals surface area contributed by atoms with Gasteiger partial charge in [0.25, 0.3) is 10.0 Å². The van der Waals surface area contributed by atoms with Crippen molar-refractivity contribution < 1.29 is 32.3 Å². The highest BCUT2D eigenvalue weighted by Gasteiger charge is 2.36. The third kappa shape index (κ3) is 3.44. The van der Waals surface area contributed by atoms with E-state index < -0.39 is 34.4 Å². The first-order valence-electron chi connectivity index (χ1n) is 9.43. The summed E-state index contributed by atoms with van der Waals surface area (Å²) >= 11 is 0. The molecular weight excluding hydrogens is 436 g/mol. The Morgan fingerprint density at radius 1 is 0.938 bits per heavy atom. The molecule has 3 aromatic carbocycles. The van der Waals surface area contributed by atoms with Crippen LogP contribution in [0.2, 0.25) is 0 Å². The van der Waals surface area contributed by atoms with Crippen LogP contribution in [0.3, 0.4) is 0 Å². The first kappa shape index (κ1) is 21.3. The number of hydrogen-bond donors (Lipinski definition) is 1. The largest absolute Gasteiger partial charge is 0.465 e. The number of carbonyl (C=O) groups excluding carboxylic acids is 3. The molecule has 0 saturated heterocycles. The maximum Gasteiger partial charge on any atom is 0.339 e. The van der Waals surface area contributed by atoms with Gasteiger partial charge < -0.3 is 14.8 Å². The summed E-state index contributed by atoms with van der Waals surface area (Å²) in [4.78, 5) is 36.9. The predicted molar refractivity (Wildman–Crippen MR) is 116 cm³/mol. The number of esters is 2. The SMILES string of the molecule is COC(=O)c1ccc(C(=O)OC)c(NC(=O)CN2c3cccc4cccc(c34)S2(=O)=O)c1. The van der Waals surface area contributed by atoms with Crippen molar-refractivity contribution in [2.24, 2.45) is 0 Å². The van der Waals surface area contributed by atoms with Crippen LogP contribution in [0.1, 0.15) is 20.7 Å². The van der Waals surface area contributed by atoms with Crippen molar-refractivity contribution in [3.8, 4) is 0 Å². The lowest BCUT2D eigenvalue weighted by Gasteiger charge is -2.19. The number of hydrogen-bond acceptors (Lipinski definition) is 7. The molecule has 4 rings (SSSR count). The van der Waals surface area contributed by atoms with Gasteiger partial charge in [-0.2, -0.15) is 0 Å². The maximum absolute atomic E-state index is 13.1. The molecule has 1 N–H and O–H groups in total. The van der Waals surface area contributed by atoms with Crippen molar-refractivity contribution >= 4 is 50.0 Å². The van der Waals surface area contributed by atoms with Crippen LogP contribution >= 0.6 is 0 Å². The van der Waals surface area contributed by atoms with Gasteiger partial charge in [0, 0.05) is 5.39 Å². The fourth-order valence-electron chi connectivity index (χ4n) is 3.63. The van der Waals surface area contributed by atoms with Gasteiger partial charge in [-0.25, -0.2) is 18.0 Å². The topological polar surface area (TPSA) is 119 Å². The third-order valence-corrected chi connectivity index (χ3v) is 6.89. The predicted octanol–water partition coefficient (Wildman–Crippen LogP) is 2.56. The van der Waals surface area contributed by atoms with Crippen LogP contribution in [0.4, 0.5) is 11.4 Å². The molecule has 0 bridgehead atoms. The molecule has 0 aromatic heterocycles. The van der Waals surface area contributed by atoms with Gasteiger partial charge in [0.1, 0.15) is 6.54 Å². The third-order valence-electron chi connectivity index (χ3n) is 5.09. The molecule has 32 heavy (non-hydrogen) atoms. The molecule has 9 nitrogen and oxygen atoms in total. The second-order valence-electron chi connectivity index (χ2n) is 6.93. The fraction of sp³-hybridized carbons (Fsp3) is 0.136. The minimum atomic E-state index is -3.94. The summed E-state index contributed by atoms with van der Waals surface area (Å²) in [7, 11) is -1.56. The van der Waals surface area contributed by atoms with E-state index in [0.717, 1.165) is 9.69 Å². The first-order valence-corrected chi connectivity index (χ1v) is 10.9. The molecule has 10 heteroatoms. The van der Waals surface area contributed by atoms with Crippen molar-refractivity contribution in [3.05, 3.63) is 65.7 Å². The molecule has 0 spiro atoms. The average Bonchev–Trinajstić information content (AvgIpc) is 3.01. The van der Waals surface area contributed by atoms with E-state index in [-0.39, 0.29) is 21.7 Å². The van der Waals surface area contributed by atoms with Crippen molar-refractivity contribution in [2.75, 3.05) is 30.4 Å². The van der Waals surface area contributed by atoms with E-state index in [2.05, 4.69) is 10.1 Å². The van der Waals surface area contributed by atoms with Crippen molar-refractivity contribution in [3.63, 3.8) is 0 Å². The Morgan fingerprint density at radius 3 is 2.31 bits per heavy atom. The van der Waals surface area contributed by atoms with E-state index in [4.69, 9.17) is 4.74 Å². The molecule has 1 amide bonds. The summed E-state index contributed by atoms with van der Waals surface area (Å²) in [5, 5.41) is 3.80. The maximum atomic E-state index is 13.1. The number of rotatable bonds is 5. The quantitative estimate of drug-likeness (QED) is 0.589. The van der Waals surface area contributed by atoms with Crippen LogP contribution in [0.25, 0.3) is 10.8 Å². The molecule has 0 unspecified atom stereocenters. The summed E-state index contributed by atoms with van der Waals surface area (Å²) in [6, 6.07) is 14.0. The molecule has 0 fully saturated rings. The van der Waals surface area contributed by atoms with Gasteiger partial charge in [0.05, 0.1) is 41.6 Å². The Kier molecular flexibility index (Phi) is 5.31. The van der Waals surface area contributed by atoms with E-state index in [1.165, 1.54) is 38.5 Å². The average molecular weight is 454 g/mol. The minimum absolute atomic E-state index is 0.00272. The van der Waals surface area contributed by atoms with Crippen molar-refractivity contribution in [1.82, 2.24) is 0 Å². The molecule has 0 saturated carbocycles. The molecule has 1 aliphatic heterocycles. The van der Waals surface area contributed by atoms with Gasteiger partial charge in [-0.1, -0.05) is 24.3 Å². The highest BCUT2D eigenvalue weighted by Crippen LogP contribution is 2.41. The number of nitrogens with zero attached hydrogens (tertiary/aromatic N) is 1. The highest BCUT2D eigenvalue weighted by atomic mass is 32.2. The number of carbonyl (C=O) groups is 3. The van der Waals surface area contributed by atoms with Crippen LogP contribution in [-0.4, -0.2) is 47.0 Å². The van der Waals surface area contributed by atoms with Crippen molar-refractivity contribution in [1.29, 1.82) is 0 Å². The second kappa shape index (κ2) is 7.97. The lowest BCUT2D eigenvalue weighted by Crippen LogP contribution is -2.35. The second-order valence-corrected chi connectivity index (χ2v) is 8.77. The lowest BCUT2D eigenvalue weighted by atomic mass is 10.1. The first-order chi connectivity index (χ1) is 15.3. The van der Waals surface area contributed by atoms with Gasteiger partial charge in [-0.05, 0) is 35.7 Å². The zero-order valence-electron chi connectivity index (χ0n) is 17.1. The lowest BCUT2D eigenvalue weighted by molar-refractivity contribution is -0.114. The summed E-state index contributed by atoms with van der Waals surface area (Å²) in [6.45, 7) is -0.529. The molecule has 1 heterocycles. The highest BCUT2D eigenvalue weighted by molar-refractivity contribution is 7.93. The number of amides is 1. The van der Waals surface area contributed by atoms with Gasteiger partial charge in [0.15, 0.2) is 0 Å². The van der Waals surface area contributed by atoms with E-state index in [1.807, 2.05) is 0 Å². The number of ether oxygens (including phenoxy) is 2. The standard InChI is InChI=1S/C22H18N2O7S/c1-30-21(26)14-9-10-15(22(27)31-2)16(11-14)23-19(25)12-24-17-7-3-5-13-6-4-8-18(20(13)17)32(24,28)29/h3-11H,12H2,1-2H3,(H,23,25). The van der Waals surface area contributed by atoms with Crippen LogP contribution in [0.5, 0.6) is 0 Å². The van der Waals surface area contributed by atoms with E-state index in [9.17, 15) is 22.8 Å².